The molecule has 1 aromatic carbocycles. The highest BCUT2D eigenvalue weighted by Crippen LogP contribution is 2.07. The van der Waals surface area contributed by atoms with Crippen LogP contribution in [0.1, 0.15) is 17.5 Å². The van der Waals surface area contributed by atoms with Crippen molar-refractivity contribution in [2.45, 2.75) is 13.3 Å². The number of urea groups is 1. The highest BCUT2D eigenvalue weighted by molar-refractivity contribution is 5.75. The summed E-state index contributed by atoms with van der Waals surface area (Å²) < 4.78 is 0. The lowest BCUT2D eigenvalue weighted by Crippen LogP contribution is -2.33. The van der Waals surface area contributed by atoms with E-state index in [-0.39, 0.29) is 6.03 Å². The van der Waals surface area contributed by atoms with Gasteiger partial charge in [0.1, 0.15) is 0 Å². The Morgan fingerprint density at radius 2 is 2.05 bits per heavy atom. The van der Waals surface area contributed by atoms with Crippen molar-refractivity contribution in [1.82, 2.24) is 16.0 Å². The van der Waals surface area contributed by atoms with Crippen molar-refractivity contribution in [3.8, 4) is 0 Å². The third-order valence-electron chi connectivity index (χ3n) is 2.53. The van der Waals surface area contributed by atoms with Gasteiger partial charge in [-0.1, -0.05) is 24.3 Å². The van der Waals surface area contributed by atoms with Crippen LogP contribution in [-0.2, 0) is 4.79 Å². The molecule has 0 bridgehead atoms. The Morgan fingerprint density at radius 3 is 2.79 bits per heavy atom. The Labute approximate surface area is 113 Å². The molecule has 0 saturated heterocycles. The van der Waals surface area contributed by atoms with Crippen molar-refractivity contribution in [3.05, 3.63) is 41.6 Å². The number of amides is 3. The van der Waals surface area contributed by atoms with Crippen LogP contribution < -0.4 is 16.0 Å². The second kappa shape index (κ2) is 8.74. The van der Waals surface area contributed by atoms with Gasteiger partial charge in [0.25, 0.3) is 0 Å². The molecule has 102 valence electrons. The number of aryl methyl sites for hydroxylation is 1. The summed E-state index contributed by atoms with van der Waals surface area (Å²) in [5, 5.41) is 7.84. The summed E-state index contributed by atoms with van der Waals surface area (Å²) in [6.07, 6.45) is 4.81. The fourth-order valence-electron chi connectivity index (χ4n) is 1.48. The van der Waals surface area contributed by atoms with Gasteiger partial charge in [-0.2, -0.15) is 0 Å². The van der Waals surface area contributed by atoms with Gasteiger partial charge < -0.3 is 16.0 Å². The molecule has 0 saturated carbocycles. The number of hydrogen-bond acceptors (Lipinski definition) is 2. The van der Waals surface area contributed by atoms with Crippen molar-refractivity contribution in [2.75, 3.05) is 13.1 Å². The topological polar surface area (TPSA) is 70.2 Å². The molecule has 0 aliphatic carbocycles. The third kappa shape index (κ3) is 6.26. The van der Waals surface area contributed by atoms with Gasteiger partial charge in [0.15, 0.2) is 0 Å². The van der Waals surface area contributed by atoms with Crippen LogP contribution in [0.3, 0.4) is 0 Å². The van der Waals surface area contributed by atoms with E-state index in [1.807, 2.05) is 37.3 Å². The fraction of sp³-hybridized carbons (Fsp3) is 0.286. The van der Waals surface area contributed by atoms with Crippen LogP contribution in [0.2, 0.25) is 0 Å². The standard InChI is InChI=1S/C14H19N3O2/c1-12-5-2-3-6-13(12)7-10-17-14(19)16-9-4-8-15-11-18/h2-3,5-7,10-11H,4,8-9H2,1H3,(H,15,18)(H2,16,17,19)/b10-7+. The molecule has 0 aromatic heterocycles. The summed E-state index contributed by atoms with van der Waals surface area (Å²) in [6.45, 7) is 3.09. The maximum Gasteiger partial charge on any atom is 0.318 e. The van der Waals surface area contributed by atoms with Crippen molar-refractivity contribution in [2.24, 2.45) is 0 Å². The quantitative estimate of drug-likeness (QED) is 0.513. The van der Waals surface area contributed by atoms with E-state index in [4.69, 9.17) is 0 Å². The lowest BCUT2D eigenvalue weighted by molar-refractivity contribution is -0.109. The van der Waals surface area contributed by atoms with E-state index < -0.39 is 0 Å². The molecule has 5 heteroatoms. The largest absolute Gasteiger partial charge is 0.359 e. The van der Waals surface area contributed by atoms with Crippen LogP contribution >= 0.6 is 0 Å². The van der Waals surface area contributed by atoms with E-state index >= 15 is 0 Å². The Hall–Kier alpha value is -2.30. The SMILES string of the molecule is Cc1ccccc1/C=C/NC(=O)NCCCNC=O. The highest BCUT2D eigenvalue weighted by atomic mass is 16.2. The summed E-state index contributed by atoms with van der Waals surface area (Å²) in [7, 11) is 0. The molecule has 0 fully saturated rings. The van der Waals surface area contributed by atoms with Gasteiger partial charge in [-0.3, -0.25) is 4.79 Å². The number of rotatable bonds is 7. The summed E-state index contributed by atoms with van der Waals surface area (Å²) in [5.74, 6) is 0. The van der Waals surface area contributed by atoms with Crippen LogP contribution in [0, 0.1) is 6.92 Å². The smallest absolute Gasteiger partial charge is 0.318 e. The van der Waals surface area contributed by atoms with Gasteiger partial charge in [0.05, 0.1) is 0 Å². The minimum absolute atomic E-state index is 0.254. The van der Waals surface area contributed by atoms with E-state index in [9.17, 15) is 9.59 Å². The number of benzene rings is 1. The van der Waals surface area contributed by atoms with E-state index in [2.05, 4.69) is 16.0 Å². The predicted octanol–water partition coefficient (Wildman–Crippen LogP) is 1.40. The zero-order chi connectivity index (χ0) is 13.9. The maximum atomic E-state index is 11.4. The molecule has 5 nitrogen and oxygen atoms in total. The molecule has 0 aliphatic rings. The van der Waals surface area contributed by atoms with Crippen molar-refractivity contribution in [3.63, 3.8) is 0 Å². The molecule has 3 N–H and O–H groups in total. The summed E-state index contributed by atoms with van der Waals surface area (Å²) >= 11 is 0. The van der Waals surface area contributed by atoms with Crippen LogP contribution in [0.4, 0.5) is 4.79 Å². The van der Waals surface area contributed by atoms with E-state index in [1.165, 1.54) is 0 Å². The minimum Gasteiger partial charge on any atom is -0.359 e. The molecule has 1 aromatic rings. The molecular weight excluding hydrogens is 242 g/mol. The molecule has 1 rings (SSSR count). The number of carbonyl (C=O) groups excluding carboxylic acids is 2. The molecule has 0 heterocycles. The molecule has 0 atom stereocenters. The van der Waals surface area contributed by atoms with Crippen LogP contribution in [0.5, 0.6) is 0 Å². The Kier molecular flexibility index (Phi) is 6.79. The predicted molar refractivity (Wildman–Crippen MR) is 75.4 cm³/mol. The summed E-state index contributed by atoms with van der Waals surface area (Å²) in [5.41, 5.74) is 2.22. The number of hydrogen-bond donors (Lipinski definition) is 3. The van der Waals surface area contributed by atoms with Crippen LogP contribution in [0.15, 0.2) is 30.5 Å². The number of nitrogens with one attached hydrogen (secondary N) is 3. The van der Waals surface area contributed by atoms with Gasteiger partial charge in [-0.05, 0) is 30.5 Å². The molecular formula is C14H19N3O2. The lowest BCUT2D eigenvalue weighted by atomic mass is 10.1. The molecule has 0 spiro atoms. The number of carbonyl (C=O) groups is 2. The van der Waals surface area contributed by atoms with Crippen molar-refractivity contribution >= 4 is 18.5 Å². The zero-order valence-electron chi connectivity index (χ0n) is 11.0. The Morgan fingerprint density at radius 1 is 1.26 bits per heavy atom. The van der Waals surface area contributed by atoms with E-state index in [1.54, 1.807) is 6.20 Å². The monoisotopic (exact) mass is 261 g/mol. The normalized spacial score (nSPS) is 10.2. The van der Waals surface area contributed by atoms with Gasteiger partial charge in [-0.25, -0.2) is 4.79 Å². The first-order valence-corrected chi connectivity index (χ1v) is 6.17. The third-order valence-corrected chi connectivity index (χ3v) is 2.53. The Balaban J connectivity index is 2.23. The Bertz CT molecular complexity index is 444. The first-order chi connectivity index (χ1) is 9.24. The summed E-state index contributed by atoms with van der Waals surface area (Å²) in [6, 6.07) is 7.67. The molecule has 3 amide bonds. The molecule has 0 unspecified atom stereocenters. The molecule has 19 heavy (non-hydrogen) atoms. The minimum atomic E-state index is -0.254. The van der Waals surface area contributed by atoms with E-state index in [0.29, 0.717) is 25.9 Å². The van der Waals surface area contributed by atoms with Gasteiger partial charge in [0, 0.05) is 19.3 Å². The summed E-state index contributed by atoms with van der Waals surface area (Å²) in [4.78, 5) is 21.4. The van der Waals surface area contributed by atoms with Crippen LogP contribution in [0.25, 0.3) is 6.08 Å². The lowest BCUT2D eigenvalue weighted by Gasteiger charge is -2.04. The van der Waals surface area contributed by atoms with Crippen LogP contribution in [-0.4, -0.2) is 25.5 Å². The average Bonchev–Trinajstić information content (AvgIpc) is 2.41. The maximum absolute atomic E-state index is 11.4. The van der Waals surface area contributed by atoms with E-state index in [0.717, 1.165) is 11.1 Å². The second-order valence-electron chi connectivity index (χ2n) is 4.02. The van der Waals surface area contributed by atoms with Crippen molar-refractivity contribution in [1.29, 1.82) is 0 Å². The first kappa shape index (κ1) is 14.8. The van der Waals surface area contributed by atoms with Crippen molar-refractivity contribution < 1.29 is 9.59 Å². The molecule has 0 aliphatic heterocycles. The van der Waals surface area contributed by atoms with Gasteiger partial charge in [0.2, 0.25) is 6.41 Å². The average molecular weight is 261 g/mol. The first-order valence-electron chi connectivity index (χ1n) is 6.17. The molecule has 0 radical (unpaired) electrons. The zero-order valence-corrected chi connectivity index (χ0v) is 11.0. The fourth-order valence-corrected chi connectivity index (χ4v) is 1.48. The van der Waals surface area contributed by atoms with Gasteiger partial charge in [-0.15, -0.1) is 0 Å². The van der Waals surface area contributed by atoms with Gasteiger partial charge >= 0.3 is 6.03 Å². The highest BCUT2D eigenvalue weighted by Gasteiger charge is 1.96. The second-order valence-corrected chi connectivity index (χ2v) is 4.02.